The van der Waals surface area contributed by atoms with Gasteiger partial charge in [0.05, 0.1) is 11.5 Å². The van der Waals surface area contributed by atoms with Gasteiger partial charge in [-0.3, -0.25) is 14.9 Å². The summed E-state index contributed by atoms with van der Waals surface area (Å²) in [5.74, 6) is -0.339. The molecule has 0 aliphatic rings. The molecule has 110 valence electrons. The molecule has 0 bridgehead atoms. The normalized spacial score (nSPS) is 10.1. The van der Waals surface area contributed by atoms with Crippen molar-refractivity contribution in [2.75, 3.05) is 26.9 Å². The molecule has 1 aromatic rings. The Morgan fingerprint density at radius 3 is 2.85 bits per heavy atom. The van der Waals surface area contributed by atoms with Gasteiger partial charge in [-0.2, -0.15) is 0 Å². The molecule has 1 amide bonds. The Labute approximate surface area is 116 Å². The Bertz CT molecular complexity index is 478. The number of nitro benzene ring substituents is 1. The number of nitrogens with one attached hydrogen (secondary N) is 1. The van der Waals surface area contributed by atoms with Crippen LogP contribution in [-0.4, -0.2) is 37.7 Å². The van der Waals surface area contributed by atoms with Crippen LogP contribution < -0.4 is 15.8 Å². The molecule has 0 aromatic heterocycles. The molecule has 0 unspecified atom stereocenters. The molecule has 0 aliphatic heterocycles. The molecule has 3 N–H and O–H groups in total. The molecule has 0 saturated heterocycles. The van der Waals surface area contributed by atoms with Gasteiger partial charge in [0.25, 0.3) is 5.91 Å². The molecule has 0 atom stereocenters. The minimum absolute atomic E-state index is 0.0362. The summed E-state index contributed by atoms with van der Waals surface area (Å²) in [6.45, 7) is 0.634. The van der Waals surface area contributed by atoms with E-state index in [-0.39, 0.29) is 30.5 Å². The number of hydrogen-bond acceptors (Lipinski definition) is 6. The predicted octanol–water partition coefficient (Wildman–Crippen LogP) is 0.195. The van der Waals surface area contributed by atoms with Crippen molar-refractivity contribution in [1.82, 2.24) is 5.32 Å². The monoisotopic (exact) mass is 283 g/mol. The van der Waals surface area contributed by atoms with Crippen molar-refractivity contribution in [3.05, 3.63) is 33.9 Å². The number of rotatable bonds is 8. The van der Waals surface area contributed by atoms with Crippen LogP contribution in [0.2, 0.25) is 0 Å². The van der Waals surface area contributed by atoms with Crippen LogP contribution in [-0.2, 0) is 16.1 Å². The molecule has 0 aliphatic carbocycles. The molecule has 0 saturated carbocycles. The lowest BCUT2D eigenvalue weighted by Gasteiger charge is -2.08. The van der Waals surface area contributed by atoms with E-state index < -0.39 is 4.92 Å². The highest BCUT2D eigenvalue weighted by Gasteiger charge is 2.16. The van der Waals surface area contributed by atoms with Gasteiger partial charge < -0.3 is 20.5 Å². The fraction of sp³-hybridized carbons (Fsp3) is 0.417. The van der Waals surface area contributed by atoms with E-state index in [1.54, 1.807) is 6.07 Å². The van der Waals surface area contributed by atoms with Crippen molar-refractivity contribution in [3.63, 3.8) is 0 Å². The number of nitrogens with zero attached hydrogens (tertiary/aromatic N) is 1. The maximum Gasteiger partial charge on any atom is 0.311 e. The van der Waals surface area contributed by atoms with Gasteiger partial charge in [-0.25, -0.2) is 0 Å². The van der Waals surface area contributed by atoms with Crippen molar-refractivity contribution >= 4 is 11.6 Å². The van der Waals surface area contributed by atoms with E-state index in [0.29, 0.717) is 18.7 Å². The number of hydrogen-bond donors (Lipinski definition) is 2. The Morgan fingerprint density at radius 2 is 2.25 bits per heavy atom. The van der Waals surface area contributed by atoms with Crippen LogP contribution >= 0.6 is 0 Å². The number of carbonyl (C=O) groups is 1. The Kier molecular flexibility index (Phi) is 6.41. The molecule has 0 fully saturated rings. The van der Waals surface area contributed by atoms with Crippen molar-refractivity contribution in [2.24, 2.45) is 5.73 Å². The van der Waals surface area contributed by atoms with Crippen LogP contribution in [0.3, 0.4) is 0 Å². The highest BCUT2D eigenvalue weighted by atomic mass is 16.6. The first-order valence-electron chi connectivity index (χ1n) is 5.94. The lowest BCUT2D eigenvalue weighted by atomic mass is 10.2. The number of amides is 1. The maximum absolute atomic E-state index is 11.4. The lowest BCUT2D eigenvalue weighted by molar-refractivity contribution is -0.385. The van der Waals surface area contributed by atoms with Gasteiger partial charge in [0.15, 0.2) is 12.4 Å². The van der Waals surface area contributed by atoms with Crippen LogP contribution in [0.25, 0.3) is 0 Å². The number of benzene rings is 1. The fourth-order valence-electron chi connectivity index (χ4n) is 1.44. The molecule has 8 heteroatoms. The topological polar surface area (TPSA) is 117 Å². The molecule has 8 nitrogen and oxygen atoms in total. The third-order valence-electron chi connectivity index (χ3n) is 2.44. The Balaban J connectivity index is 2.63. The Morgan fingerprint density at radius 1 is 1.50 bits per heavy atom. The van der Waals surface area contributed by atoms with Crippen LogP contribution in [0.4, 0.5) is 5.69 Å². The predicted molar refractivity (Wildman–Crippen MR) is 71.4 cm³/mol. The molecule has 20 heavy (non-hydrogen) atoms. The van der Waals surface area contributed by atoms with Crippen molar-refractivity contribution in [3.8, 4) is 5.75 Å². The standard InChI is InChI=1S/C12H17N3O5/c1-19-5-4-14-12(16)8-20-11-3-2-9(7-13)6-10(11)15(17)18/h2-3,6H,4-5,7-8,13H2,1H3,(H,14,16). The number of nitro groups is 1. The largest absolute Gasteiger partial charge is 0.477 e. The maximum atomic E-state index is 11.4. The van der Waals surface area contributed by atoms with Gasteiger partial charge in [-0.15, -0.1) is 0 Å². The summed E-state index contributed by atoms with van der Waals surface area (Å²) < 4.78 is 9.93. The zero-order valence-corrected chi connectivity index (χ0v) is 11.1. The molecule has 0 spiro atoms. The smallest absolute Gasteiger partial charge is 0.311 e. The van der Waals surface area contributed by atoms with Gasteiger partial charge in [0.1, 0.15) is 0 Å². The fourth-order valence-corrected chi connectivity index (χ4v) is 1.44. The summed E-state index contributed by atoms with van der Waals surface area (Å²) in [7, 11) is 1.52. The summed E-state index contributed by atoms with van der Waals surface area (Å²) in [4.78, 5) is 21.8. The average molecular weight is 283 g/mol. The van der Waals surface area contributed by atoms with Gasteiger partial charge in [0.2, 0.25) is 0 Å². The van der Waals surface area contributed by atoms with Crippen LogP contribution in [0.5, 0.6) is 5.75 Å². The Hall–Kier alpha value is -2.19. The van der Waals surface area contributed by atoms with Crippen LogP contribution in [0.15, 0.2) is 18.2 Å². The molecular weight excluding hydrogens is 266 g/mol. The van der Waals surface area contributed by atoms with E-state index in [0.717, 1.165) is 0 Å². The third kappa shape index (κ3) is 4.82. The first-order valence-corrected chi connectivity index (χ1v) is 5.94. The van der Waals surface area contributed by atoms with E-state index in [1.807, 2.05) is 0 Å². The minimum atomic E-state index is -0.572. The van der Waals surface area contributed by atoms with E-state index in [1.165, 1.54) is 19.2 Å². The zero-order valence-electron chi connectivity index (χ0n) is 11.1. The van der Waals surface area contributed by atoms with Gasteiger partial charge >= 0.3 is 5.69 Å². The summed E-state index contributed by atoms with van der Waals surface area (Å²) >= 11 is 0. The quantitative estimate of drug-likeness (QED) is 0.400. The highest BCUT2D eigenvalue weighted by molar-refractivity contribution is 5.77. The third-order valence-corrected chi connectivity index (χ3v) is 2.44. The summed E-state index contributed by atoms with van der Waals surface area (Å²) in [6, 6.07) is 4.38. The number of ether oxygens (including phenoxy) is 2. The van der Waals surface area contributed by atoms with Crippen molar-refractivity contribution < 1.29 is 19.2 Å². The summed E-state index contributed by atoms with van der Waals surface area (Å²) in [5.41, 5.74) is 5.83. The highest BCUT2D eigenvalue weighted by Crippen LogP contribution is 2.27. The lowest BCUT2D eigenvalue weighted by Crippen LogP contribution is -2.31. The van der Waals surface area contributed by atoms with E-state index >= 15 is 0 Å². The number of carbonyl (C=O) groups excluding carboxylic acids is 1. The van der Waals surface area contributed by atoms with E-state index in [2.05, 4.69) is 5.32 Å². The summed E-state index contributed by atoms with van der Waals surface area (Å²) in [5, 5.41) is 13.5. The minimum Gasteiger partial charge on any atom is -0.477 e. The van der Waals surface area contributed by atoms with Gasteiger partial charge in [-0.05, 0) is 11.6 Å². The second-order valence-electron chi connectivity index (χ2n) is 3.89. The summed E-state index contributed by atoms with van der Waals surface area (Å²) in [6.07, 6.45) is 0. The first-order chi connectivity index (χ1) is 9.58. The van der Waals surface area contributed by atoms with E-state index in [4.69, 9.17) is 15.2 Å². The molecule has 1 rings (SSSR count). The molecule has 0 radical (unpaired) electrons. The molecule has 0 heterocycles. The number of methoxy groups -OCH3 is 1. The second-order valence-corrected chi connectivity index (χ2v) is 3.89. The number of nitrogens with two attached hydrogens (primary N) is 1. The molecular formula is C12H17N3O5. The van der Waals surface area contributed by atoms with Crippen molar-refractivity contribution in [1.29, 1.82) is 0 Å². The zero-order chi connectivity index (χ0) is 15.0. The van der Waals surface area contributed by atoms with Gasteiger partial charge in [0, 0.05) is 26.3 Å². The molecule has 1 aromatic carbocycles. The van der Waals surface area contributed by atoms with Gasteiger partial charge in [-0.1, -0.05) is 6.07 Å². The van der Waals surface area contributed by atoms with Crippen LogP contribution in [0, 0.1) is 10.1 Å². The first kappa shape index (κ1) is 15.9. The van der Waals surface area contributed by atoms with E-state index in [9.17, 15) is 14.9 Å². The second kappa shape index (κ2) is 8.08. The SMILES string of the molecule is COCCNC(=O)COc1ccc(CN)cc1[N+](=O)[O-]. The average Bonchev–Trinajstić information content (AvgIpc) is 2.45. The van der Waals surface area contributed by atoms with Crippen LogP contribution in [0.1, 0.15) is 5.56 Å². The van der Waals surface area contributed by atoms with Crippen molar-refractivity contribution in [2.45, 2.75) is 6.54 Å².